The van der Waals surface area contributed by atoms with E-state index in [0.29, 0.717) is 0 Å². The summed E-state index contributed by atoms with van der Waals surface area (Å²) in [5, 5.41) is 3.15. The molecule has 0 amide bonds. The van der Waals surface area contributed by atoms with Gasteiger partial charge in [-0.1, -0.05) is 90.4 Å². The zero-order valence-electron chi connectivity index (χ0n) is 12.5. The molecule has 0 aliphatic heterocycles. The van der Waals surface area contributed by atoms with Crippen molar-refractivity contribution in [2.45, 2.75) is 13.8 Å². The fraction of sp³-hybridized carbons (Fsp3) is 0.333. The molecule has 0 aliphatic rings. The van der Waals surface area contributed by atoms with Gasteiger partial charge >= 0.3 is 0 Å². The van der Waals surface area contributed by atoms with Crippen molar-refractivity contribution in [3.63, 3.8) is 0 Å². The molecule has 0 heterocycles. The van der Waals surface area contributed by atoms with Gasteiger partial charge in [0, 0.05) is 0 Å². The first-order valence-electron chi connectivity index (χ1n) is 7.45. The van der Waals surface area contributed by atoms with Gasteiger partial charge in [-0.3, -0.25) is 0 Å². The summed E-state index contributed by atoms with van der Waals surface area (Å²) in [7, 11) is 0.0681. The average Bonchev–Trinajstić information content (AvgIpc) is 2.53. The molecule has 2 unspecified atom stereocenters. The molecule has 0 N–H and O–H groups in total. The second-order valence-electron chi connectivity index (χ2n) is 4.83. The standard InChI is InChI=1S/C18H24P2/c1-3-19(17-11-7-5-8-12-17)15-16-20(4-2)18-13-9-6-10-14-18/h5-14H,3-4,15-16H2,1-2H3. The van der Waals surface area contributed by atoms with E-state index in [-0.39, 0.29) is 15.8 Å². The van der Waals surface area contributed by atoms with E-state index < -0.39 is 0 Å². The molecule has 2 aromatic rings. The molecule has 106 valence electrons. The maximum absolute atomic E-state index is 2.34. The van der Waals surface area contributed by atoms with Gasteiger partial charge in [0.05, 0.1) is 0 Å². The van der Waals surface area contributed by atoms with E-state index in [4.69, 9.17) is 0 Å². The summed E-state index contributed by atoms with van der Waals surface area (Å²) in [5.74, 6) is 0. The lowest BCUT2D eigenvalue weighted by Crippen LogP contribution is -2.11. The van der Waals surface area contributed by atoms with Crippen molar-refractivity contribution in [2.24, 2.45) is 0 Å². The maximum atomic E-state index is 2.34. The molecule has 0 aliphatic carbocycles. The molecule has 20 heavy (non-hydrogen) atoms. The van der Waals surface area contributed by atoms with E-state index in [1.807, 2.05) is 0 Å². The Bertz CT molecular complexity index is 434. The van der Waals surface area contributed by atoms with E-state index in [2.05, 4.69) is 74.5 Å². The van der Waals surface area contributed by atoms with Crippen LogP contribution in [0.2, 0.25) is 0 Å². The number of hydrogen-bond donors (Lipinski definition) is 0. The van der Waals surface area contributed by atoms with Crippen molar-refractivity contribution in [1.29, 1.82) is 0 Å². The normalized spacial score (nSPS) is 13.9. The van der Waals surface area contributed by atoms with Gasteiger partial charge in [-0.2, -0.15) is 0 Å². The Morgan fingerprint density at radius 1 is 0.600 bits per heavy atom. The van der Waals surface area contributed by atoms with E-state index in [0.717, 1.165) is 0 Å². The largest absolute Gasteiger partial charge is 0.0752 e. The summed E-state index contributed by atoms with van der Waals surface area (Å²) in [6, 6.07) is 22.2. The molecule has 0 fully saturated rings. The minimum absolute atomic E-state index is 0.0341. The molecule has 0 bridgehead atoms. The highest BCUT2D eigenvalue weighted by Crippen LogP contribution is 2.41. The summed E-state index contributed by atoms with van der Waals surface area (Å²) in [6.45, 7) is 4.69. The molecule has 0 spiro atoms. The highest BCUT2D eigenvalue weighted by molar-refractivity contribution is 7.69. The van der Waals surface area contributed by atoms with Crippen molar-refractivity contribution in [2.75, 3.05) is 24.6 Å². The van der Waals surface area contributed by atoms with E-state index in [9.17, 15) is 0 Å². The Balaban J connectivity index is 1.99. The maximum Gasteiger partial charge on any atom is -0.0240 e. The Morgan fingerprint density at radius 3 is 1.25 bits per heavy atom. The van der Waals surface area contributed by atoms with Gasteiger partial charge in [-0.05, 0) is 35.3 Å². The van der Waals surface area contributed by atoms with Gasteiger partial charge < -0.3 is 0 Å². The zero-order valence-corrected chi connectivity index (χ0v) is 14.3. The van der Waals surface area contributed by atoms with Crippen LogP contribution >= 0.6 is 15.8 Å². The molecule has 0 aromatic heterocycles. The SMILES string of the molecule is CCP(CCP(CC)c1ccccc1)c1ccccc1. The second-order valence-corrected chi connectivity index (χ2v) is 10.2. The highest BCUT2D eigenvalue weighted by Gasteiger charge is 2.13. The molecule has 2 aromatic carbocycles. The number of rotatable bonds is 7. The van der Waals surface area contributed by atoms with Crippen molar-refractivity contribution in [1.82, 2.24) is 0 Å². The first-order valence-corrected chi connectivity index (χ1v) is 10.9. The quantitative estimate of drug-likeness (QED) is 0.654. The van der Waals surface area contributed by atoms with Gasteiger partial charge in [-0.15, -0.1) is 0 Å². The van der Waals surface area contributed by atoms with Gasteiger partial charge in [0.1, 0.15) is 0 Å². The Kier molecular flexibility index (Phi) is 6.71. The first-order chi connectivity index (χ1) is 9.85. The van der Waals surface area contributed by atoms with Crippen LogP contribution in [0.1, 0.15) is 13.8 Å². The summed E-state index contributed by atoms with van der Waals surface area (Å²) in [5.41, 5.74) is 0. The Labute approximate surface area is 126 Å². The molecule has 2 rings (SSSR count). The summed E-state index contributed by atoms with van der Waals surface area (Å²) in [4.78, 5) is 0. The average molecular weight is 302 g/mol. The second kappa shape index (κ2) is 8.56. The van der Waals surface area contributed by atoms with Crippen LogP contribution in [0.5, 0.6) is 0 Å². The number of benzene rings is 2. The lowest BCUT2D eigenvalue weighted by atomic mass is 10.4. The van der Waals surface area contributed by atoms with Crippen molar-refractivity contribution in [3.05, 3.63) is 60.7 Å². The molecule has 0 radical (unpaired) electrons. The van der Waals surface area contributed by atoms with Crippen molar-refractivity contribution < 1.29 is 0 Å². The zero-order chi connectivity index (χ0) is 14.2. The van der Waals surface area contributed by atoms with E-state index in [1.165, 1.54) is 24.6 Å². The Morgan fingerprint density at radius 2 is 0.950 bits per heavy atom. The predicted molar refractivity (Wildman–Crippen MR) is 96.8 cm³/mol. The molecule has 0 nitrogen and oxygen atoms in total. The van der Waals surface area contributed by atoms with Crippen LogP contribution in [0.15, 0.2) is 60.7 Å². The summed E-state index contributed by atoms with van der Waals surface area (Å²) >= 11 is 0. The fourth-order valence-electron chi connectivity index (χ4n) is 2.46. The monoisotopic (exact) mass is 302 g/mol. The topological polar surface area (TPSA) is 0 Å². The van der Waals surface area contributed by atoms with Crippen LogP contribution in [-0.2, 0) is 0 Å². The molecule has 2 atom stereocenters. The van der Waals surface area contributed by atoms with Crippen molar-refractivity contribution in [3.8, 4) is 0 Å². The van der Waals surface area contributed by atoms with Gasteiger partial charge in [-0.25, -0.2) is 0 Å². The molecular formula is C18H24P2. The van der Waals surface area contributed by atoms with Crippen LogP contribution in [0.4, 0.5) is 0 Å². The van der Waals surface area contributed by atoms with Gasteiger partial charge in [0.25, 0.3) is 0 Å². The molecule has 2 heteroatoms. The first kappa shape index (κ1) is 15.7. The minimum atomic E-state index is 0.0341. The third kappa shape index (κ3) is 4.41. The van der Waals surface area contributed by atoms with Crippen LogP contribution in [0.3, 0.4) is 0 Å². The van der Waals surface area contributed by atoms with Crippen LogP contribution < -0.4 is 10.6 Å². The van der Waals surface area contributed by atoms with Crippen LogP contribution in [-0.4, -0.2) is 24.6 Å². The van der Waals surface area contributed by atoms with Gasteiger partial charge in [0.2, 0.25) is 0 Å². The fourth-order valence-corrected chi connectivity index (χ4v) is 7.46. The predicted octanol–water partition coefficient (Wildman–Crippen LogP) is 4.64. The summed E-state index contributed by atoms with van der Waals surface area (Å²) in [6.07, 6.45) is 5.37. The van der Waals surface area contributed by atoms with E-state index >= 15 is 0 Å². The molecule has 0 saturated carbocycles. The molecule has 0 saturated heterocycles. The van der Waals surface area contributed by atoms with Gasteiger partial charge in [0.15, 0.2) is 0 Å². The van der Waals surface area contributed by atoms with Crippen LogP contribution in [0.25, 0.3) is 0 Å². The van der Waals surface area contributed by atoms with E-state index in [1.54, 1.807) is 10.6 Å². The smallest absolute Gasteiger partial charge is 0.0240 e. The van der Waals surface area contributed by atoms with Crippen molar-refractivity contribution >= 4 is 26.5 Å². The third-order valence-corrected chi connectivity index (χ3v) is 9.11. The third-order valence-electron chi connectivity index (χ3n) is 3.65. The Hall–Kier alpha value is -0.700. The van der Waals surface area contributed by atoms with Crippen LogP contribution in [0, 0.1) is 0 Å². The lowest BCUT2D eigenvalue weighted by Gasteiger charge is -2.21. The summed E-state index contributed by atoms with van der Waals surface area (Å²) < 4.78 is 0. The highest BCUT2D eigenvalue weighted by atomic mass is 31.1. The lowest BCUT2D eigenvalue weighted by molar-refractivity contribution is 1.39. The molecular weight excluding hydrogens is 278 g/mol. The number of hydrogen-bond acceptors (Lipinski definition) is 0. The minimum Gasteiger partial charge on any atom is -0.0752 e.